The lowest BCUT2D eigenvalue weighted by molar-refractivity contribution is 0.103. The quantitative estimate of drug-likeness (QED) is 0.541. The van der Waals surface area contributed by atoms with Crippen LogP contribution in [0.1, 0.15) is 34.6 Å². The van der Waals surface area contributed by atoms with Crippen molar-refractivity contribution in [1.82, 2.24) is 0 Å². The van der Waals surface area contributed by atoms with Crippen LogP contribution in [0, 0.1) is 11.8 Å². The molecule has 1 atom stereocenters. The molecule has 0 aliphatic rings. The largest absolute Gasteiger partial charge is 0.244 e. The Balaban J connectivity index is 3.88. The SMILES string of the molecule is CC(C)[C@H](C)C(C)(C)F. The van der Waals surface area contributed by atoms with E-state index >= 15 is 0 Å². The van der Waals surface area contributed by atoms with Gasteiger partial charge in [-0.15, -0.1) is 0 Å². The molecule has 1 heteroatoms. The van der Waals surface area contributed by atoms with Crippen LogP contribution in [0.25, 0.3) is 0 Å². The third kappa shape index (κ3) is 2.83. The second kappa shape index (κ2) is 2.68. The molecule has 0 fully saturated rings. The Hall–Kier alpha value is -0.0700. The van der Waals surface area contributed by atoms with Gasteiger partial charge in [-0.1, -0.05) is 20.8 Å². The van der Waals surface area contributed by atoms with E-state index in [1.54, 1.807) is 13.8 Å². The van der Waals surface area contributed by atoms with E-state index < -0.39 is 5.67 Å². The second-order valence-electron chi connectivity index (χ2n) is 3.60. The average Bonchev–Trinajstić information content (AvgIpc) is 1.62. The van der Waals surface area contributed by atoms with Gasteiger partial charge in [-0.25, -0.2) is 4.39 Å². The maximum Gasteiger partial charge on any atom is 0.108 e. The highest BCUT2D eigenvalue weighted by Gasteiger charge is 2.26. The smallest absolute Gasteiger partial charge is 0.108 e. The van der Waals surface area contributed by atoms with Crippen LogP contribution in [0.3, 0.4) is 0 Å². The molecule has 0 nitrogen and oxygen atoms in total. The summed E-state index contributed by atoms with van der Waals surface area (Å²) in [5, 5.41) is 0. The van der Waals surface area contributed by atoms with E-state index in [0.717, 1.165) is 0 Å². The van der Waals surface area contributed by atoms with Crippen LogP contribution in [0.2, 0.25) is 0 Å². The second-order valence-corrected chi connectivity index (χ2v) is 3.60. The van der Waals surface area contributed by atoms with Crippen LogP contribution in [0.4, 0.5) is 4.39 Å². The summed E-state index contributed by atoms with van der Waals surface area (Å²) >= 11 is 0. The topological polar surface area (TPSA) is 0 Å². The molecule has 0 amide bonds. The molecule has 0 saturated heterocycles. The molecular formula is C8H17F. The van der Waals surface area contributed by atoms with Gasteiger partial charge in [0.25, 0.3) is 0 Å². The fourth-order valence-electron chi connectivity index (χ4n) is 0.793. The van der Waals surface area contributed by atoms with Gasteiger partial charge in [-0.3, -0.25) is 0 Å². The van der Waals surface area contributed by atoms with Gasteiger partial charge >= 0.3 is 0 Å². The van der Waals surface area contributed by atoms with E-state index in [4.69, 9.17) is 0 Å². The van der Waals surface area contributed by atoms with Crippen LogP contribution < -0.4 is 0 Å². The van der Waals surface area contributed by atoms with Crippen molar-refractivity contribution in [2.24, 2.45) is 11.8 Å². The molecule has 56 valence electrons. The number of halogens is 1. The first kappa shape index (κ1) is 8.93. The van der Waals surface area contributed by atoms with E-state index in [1.807, 2.05) is 20.8 Å². The van der Waals surface area contributed by atoms with Crippen molar-refractivity contribution >= 4 is 0 Å². The molecule has 0 aromatic carbocycles. The molecule has 0 aromatic heterocycles. The minimum Gasteiger partial charge on any atom is -0.244 e. The van der Waals surface area contributed by atoms with Crippen molar-refractivity contribution in [2.45, 2.75) is 40.3 Å². The summed E-state index contributed by atoms with van der Waals surface area (Å²) in [5.74, 6) is 0.586. The van der Waals surface area contributed by atoms with Crippen LogP contribution in [-0.2, 0) is 0 Å². The number of alkyl halides is 1. The van der Waals surface area contributed by atoms with Crippen molar-refractivity contribution in [3.05, 3.63) is 0 Å². The first-order valence-corrected chi connectivity index (χ1v) is 3.54. The third-order valence-corrected chi connectivity index (χ3v) is 2.08. The Bertz CT molecular complexity index is 79.1. The Labute approximate surface area is 57.5 Å². The van der Waals surface area contributed by atoms with Gasteiger partial charge in [-0.2, -0.15) is 0 Å². The summed E-state index contributed by atoms with van der Waals surface area (Å²) < 4.78 is 13.0. The normalized spacial score (nSPS) is 16.3. The van der Waals surface area contributed by atoms with Gasteiger partial charge in [0.05, 0.1) is 0 Å². The highest BCUT2D eigenvalue weighted by atomic mass is 19.1. The molecule has 0 spiro atoms. The molecule has 0 heterocycles. The molecule has 0 aliphatic heterocycles. The number of hydrogen-bond donors (Lipinski definition) is 0. The van der Waals surface area contributed by atoms with E-state index in [2.05, 4.69) is 0 Å². The zero-order chi connectivity index (χ0) is 7.65. The molecular weight excluding hydrogens is 115 g/mol. The van der Waals surface area contributed by atoms with Crippen molar-refractivity contribution in [1.29, 1.82) is 0 Å². The number of hydrogen-bond acceptors (Lipinski definition) is 0. The summed E-state index contributed by atoms with van der Waals surface area (Å²) in [6.45, 7) is 9.32. The van der Waals surface area contributed by atoms with Gasteiger partial charge < -0.3 is 0 Å². The van der Waals surface area contributed by atoms with Crippen molar-refractivity contribution < 1.29 is 4.39 Å². The summed E-state index contributed by atoms with van der Waals surface area (Å²) in [6, 6.07) is 0. The van der Waals surface area contributed by atoms with Gasteiger partial charge in [0.15, 0.2) is 0 Å². The summed E-state index contributed by atoms with van der Waals surface area (Å²) in [6.07, 6.45) is 0. The van der Waals surface area contributed by atoms with E-state index in [9.17, 15) is 4.39 Å². The molecule has 0 rings (SSSR count). The molecule has 0 saturated carbocycles. The zero-order valence-corrected chi connectivity index (χ0v) is 7.03. The molecule has 0 N–H and O–H groups in total. The summed E-state index contributed by atoms with van der Waals surface area (Å²) in [7, 11) is 0. The lowest BCUT2D eigenvalue weighted by Crippen LogP contribution is -2.27. The van der Waals surface area contributed by atoms with Crippen molar-refractivity contribution in [3.8, 4) is 0 Å². The molecule has 0 bridgehead atoms. The molecule has 0 aromatic rings. The van der Waals surface area contributed by atoms with Gasteiger partial charge in [0.2, 0.25) is 0 Å². The summed E-state index contributed by atoms with van der Waals surface area (Å²) in [5.41, 5.74) is -1.02. The highest BCUT2D eigenvalue weighted by Crippen LogP contribution is 2.26. The first-order chi connectivity index (χ1) is 3.85. The lowest BCUT2D eigenvalue weighted by atomic mass is 9.85. The fraction of sp³-hybridized carbons (Fsp3) is 1.00. The molecule has 0 aliphatic carbocycles. The third-order valence-electron chi connectivity index (χ3n) is 2.08. The predicted molar refractivity (Wildman–Crippen MR) is 39.2 cm³/mol. The molecule has 0 unspecified atom stereocenters. The van der Waals surface area contributed by atoms with Gasteiger partial charge in [-0.05, 0) is 25.7 Å². The number of rotatable bonds is 2. The Morgan fingerprint density at radius 3 is 1.44 bits per heavy atom. The van der Waals surface area contributed by atoms with Crippen LogP contribution in [0.5, 0.6) is 0 Å². The standard InChI is InChI=1S/C8H17F/c1-6(2)7(3)8(4,5)9/h6-7H,1-5H3/t7-/m0/s1. The Morgan fingerprint density at radius 1 is 1.11 bits per heavy atom. The Kier molecular flexibility index (Phi) is 2.66. The minimum atomic E-state index is -1.02. The lowest BCUT2D eigenvalue weighted by Gasteiger charge is -2.26. The van der Waals surface area contributed by atoms with Gasteiger partial charge in [0, 0.05) is 0 Å². The first-order valence-electron chi connectivity index (χ1n) is 3.54. The van der Waals surface area contributed by atoms with E-state index in [0.29, 0.717) is 5.92 Å². The average molecular weight is 132 g/mol. The van der Waals surface area contributed by atoms with Crippen molar-refractivity contribution in [3.63, 3.8) is 0 Å². The highest BCUT2D eigenvalue weighted by molar-refractivity contribution is 4.75. The van der Waals surface area contributed by atoms with Crippen LogP contribution in [0.15, 0.2) is 0 Å². The predicted octanol–water partition coefficient (Wildman–Crippen LogP) is 3.03. The van der Waals surface area contributed by atoms with Crippen LogP contribution >= 0.6 is 0 Å². The Morgan fingerprint density at radius 2 is 1.44 bits per heavy atom. The zero-order valence-electron chi connectivity index (χ0n) is 7.03. The van der Waals surface area contributed by atoms with E-state index in [1.165, 1.54) is 0 Å². The minimum absolute atomic E-state index is 0.150. The maximum absolute atomic E-state index is 13.0. The van der Waals surface area contributed by atoms with Gasteiger partial charge in [0.1, 0.15) is 5.67 Å². The fourth-order valence-corrected chi connectivity index (χ4v) is 0.793. The van der Waals surface area contributed by atoms with Crippen LogP contribution in [-0.4, -0.2) is 5.67 Å². The summed E-state index contributed by atoms with van der Waals surface area (Å²) in [4.78, 5) is 0. The van der Waals surface area contributed by atoms with E-state index in [-0.39, 0.29) is 5.92 Å². The molecule has 0 radical (unpaired) electrons. The maximum atomic E-state index is 13.0. The molecule has 9 heavy (non-hydrogen) atoms. The monoisotopic (exact) mass is 132 g/mol. The van der Waals surface area contributed by atoms with Crippen molar-refractivity contribution in [2.75, 3.05) is 0 Å².